The van der Waals surface area contributed by atoms with E-state index in [0.29, 0.717) is 11.8 Å². The molecule has 4 nitrogen and oxygen atoms in total. The van der Waals surface area contributed by atoms with Crippen LogP contribution >= 0.6 is 0 Å². The Bertz CT molecular complexity index is 270. The highest BCUT2D eigenvalue weighted by Crippen LogP contribution is 2.24. The van der Waals surface area contributed by atoms with E-state index in [4.69, 9.17) is 10.5 Å². The van der Waals surface area contributed by atoms with Crippen LogP contribution in [0.4, 0.5) is 0 Å². The highest BCUT2D eigenvalue weighted by molar-refractivity contribution is 5.81. The van der Waals surface area contributed by atoms with Gasteiger partial charge < -0.3 is 15.4 Å². The lowest BCUT2D eigenvalue weighted by Crippen LogP contribution is -2.51. The molecule has 2 fully saturated rings. The molecule has 4 atom stereocenters. The van der Waals surface area contributed by atoms with E-state index in [-0.39, 0.29) is 18.1 Å². The van der Waals surface area contributed by atoms with Gasteiger partial charge in [-0.1, -0.05) is 13.8 Å². The van der Waals surface area contributed by atoms with Crippen LogP contribution in [-0.4, -0.2) is 42.6 Å². The van der Waals surface area contributed by atoms with Gasteiger partial charge in [0.1, 0.15) is 6.10 Å². The topological polar surface area (TPSA) is 55.6 Å². The molecule has 2 heterocycles. The average Bonchev–Trinajstić information content (AvgIpc) is 2.67. The van der Waals surface area contributed by atoms with E-state index in [1.165, 1.54) is 0 Å². The summed E-state index contributed by atoms with van der Waals surface area (Å²) in [7, 11) is 0. The molecule has 16 heavy (non-hydrogen) atoms. The molecule has 92 valence electrons. The number of amides is 1. The van der Waals surface area contributed by atoms with Crippen LogP contribution in [0.25, 0.3) is 0 Å². The van der Waals surface area contributed by atoms with Crippen molar-refractivity contribution in [2.75, 3.05) is 19.7 Å². The summed E-state index contributed by atoms with van der Waals surface area (Å²) in [4.78, 5) is 14.2. The van der Waals surface area contributed by atoms with Crippen LogP contribution in [0, 0.1) is 11.8 Å². The number of nitrogens with zero attached hydrogens (tertiary/aromatic N) is 1. The number of hydrogen-bond donors (Lipinski definition) is 1. The van der Waals surface area contributed by atoms with Crippen molar-refractivity contribution in [2.24, 2.45) is 17.6 Å². The highest BCUT2D eigenvalue weighted by atomic mass is 16.5. The maximum absolute atomic E-state index is 12.2. The molecule has 0 radical (unpaired) electrons. The molecule has 2 N–H and O–H groups in total. The largest absolute Gasteiger partial charge is 0.368 e. The van der Waals surface area contributed by atoms with Crippen LogP contribution in [0.15, 0.2) is 0 Å². The molecule has 4 unspecified atom stereocenters. The Balaban J connectivity index is 1.95. The fraction of sp³-hybridized carbons (Fsp3) is 0.917. The lowest BCUT2D eigenvalue weighted by atomic mass is 9.93. The first kappa shape index (κ1) is 11.9. The van der Waals surface area contributed by atoms with Crippen molar-refractivity contribution < 1.29 is 9.53 Å². The van der Waals surface area contributed by atoms with Gasteiger partial charge in [0.25, 0.3) is 5.91 Å². The quantitative estimate of drug-likeness (QED) is 0.712. The normalized spacial score (nSPS) is 40.1. The van der Waals surface area contributed by atoms with E-state index < -0.39 is 0 Å². The molecular weight excluding hydrogens is 204 g/mol. The standard InChI is InChI=1S/C12H22N2O2/c1-8-4-6-16-11(8)12(15)14-5-3-10(13)9(2)7-14/h8-11H,3-7,13H2,1-2H3. The maximum Gasteiger partial charge on any atom is 0.251 e. The lowest BCUT2D eigenvalue weighted by molar-refractivity contribution is -0.144. The second kappa shape index (κ2) is 4.72. The van der Waals surface area contributed by atoms with Crippen LogP contribution in [0.2, 0.25) is 0 Å². The minimum absolute atomic E-state index is 0.170. The van der Waals surface area contributed by atoms with Gasteiger partial charge in [0.05, 0.1) is 0 Å². The van der Waals surface area contributed by atoms with Gasteiger partial charge in [-0.15, -0.1) is 0 Å². The summed E-state index contributed by atoms with van der Waals surface area (Å²) < 4.78 is 5.52. The third kappa shape index (κ3) is 2.23. The number of hydrogen-bond acceptors (Lipinski definition) is 3. The van der Waals surface area contributed by atoms with Crippen LogP contribution in [0.3, 0.4) is 0 Å². The molecule has 0 bridgehead atoms. The summed E-state index contributed by atoms with van der Waals surface area (Å²) in [5.74, 6) is 0.927. The molecule has 0 saturated carbocycles. The van der Waals surface area contributed by atoms with Crippen molar-refractivity contribution >= 4 is 5.91 Å². The molecular formula is C12H22N2O2. The number of carbonyl (C=O) groups excluding carboxylic acids is 1. The van der Waals surface area contributed by atoms with E-state index in [0.717, 1.165) is 32.5 Å². The van der Waals surface area contributed by atoms with Crippen molar-refractivity contribution in [3.8, 4) is 0 Å². The molecule has 0 aliphatic carbocycles. The van der Waals surface area contributed by atoms with Gasteiger partial charge in [-0.3, -0.25) is 4.79 Å². The first-order chi connectivity index (χ1) is 7.59. The smallest absolute Gasteiger partial charge is 0.251 e. The summed E-state index contributed by atoms with van der Waals surface area (Å²) in [5.41, 5.74) is 5.95. The van der Waals surface area contributed by atoms with Crippen molar-refractivity contribution in [3.63, 3.8) is 0 Å². The number of rotatable bonds is 1. The molecule has 2 rings (SSSR count). The Kier molecular flexibility index (Phi) is 3.50. The summed E-state index contributed by atoms with van der Waals surface area (Å²) in [6.07, 6.45) is 1.70. The molecule has 0 spiro atoms. The third-order valence-electron chi connectivity index (χ3n) is 3.91. The van der Waals surface area contributed by atoms with Crippen LogP contribution in [0.1, 0.15) is 26.7 Å². The van der Waals surface area contributed by atoms with E-state index in [2.05, 4.69) is 13.8 Å². The fourth-order valence-electron chi connectivity index (χ4n) is 2.56. The number of nitrogens with two attached hydrogens (primary N) is 1. The van der Waals surface area contributed by atoms with Crippen molar-refractivity contribution in [1.29, 1.82) is 0 Å². The van der Waals surface area contributed by atoms with Gasteiger partial charge in [0, 0.05) is 25.7 Å². The van der Waals surface area contributed by atoms with Crippen LogP contribution < -0.4 is 5.73 Å². The molecule has 4 heteroatoms. The van der Waals surface area contributed by atoms with E-state index in [1.807, 2.05) is 4.90 Å². The Morgan fingerprint density at radius 3 is 2.62 bits per heavy atom. The fourth-order valence-corrected chi connectivity index (χ4v) is 2.56. The summed E-state index contributed by atoms with van der Waals surface area (Å²) >= 11 is 0. The van der Waals surface area contributed by atoms with Gasteiger partial charge in [0.15, 0.2) is 0 Å². The summed E-state index contributed by atoms with van der Waals surface area (Å²) in [6.45, 7) is 6.50. The zero-order chi connectivity index (χ0) is 11.7. The Morgan fingerprint density at radius 2 is 2.06 bits per heavy atom. The Labute approximate surface area is 97.1 Å². The first-order valence-electron chi connectivity index (χ1n) is 6.25. The van der Waals surface area contributed by atoms with Crippen molar-refractivity contribution in [3.05, 3.63) is 0 Å². The molecule has 0 aromatic heterocycles. The van der Waals surface area contributed by atoms with Gasteiger partial charge in [-0.25, -0.2) is 0 Å². The van der Waals surface area contributed by atoms with Gasteiger partial charge in [-0.2, -0.15) is 0 Å². The van der Waals surface area contributed by atoms with Gasteiger partial charge in [0.2, 0.25) is 0 Å². The Hall–Kier alpha value is -0.610. The molecule has 1 amide bonds. The third-order valence-corrected chi connectivity index (χ3v) is 3.91. The van der Waals surface area contributed by atoms with E-state index >= 15 is 0 Å². The zero-order valence-corrected chi connectivity index (χ0v) is 10.2. The molecule has 2 saturated heterocycles. The second-order valence-corrected chi connectivity index (χ2v) is 5.27. The number of piperidine rings is 1. The van der Waals surface area contributed by atoms with Crippen LogP contribution in [-0.2, 0) is 9.53 Å². The predicted molar refractivity (Wildman–Crippen MR) is 61.9 cm³/mol. The highest BCUT2D eigenvalue weighted by Gasteiger charge is 2.36. The number of ether oxygens (including phenoxy) is 1. The average molecular weight is 226 g/mol. The zero-order valence-electron chi connectivity index (χ0n) is 10.2. The predicted octanol–water partition coefficient (Wildman–Crippen LogP) is 0.607. The molecule has 0 aromatic rings. The summed E-state index contributed by atoms with van der Waals surface area (Å²) in [6, 6.07) is 0.242. The second-order valence-electron chi connectivity index (χ2n) is 5.27. The molecule has 2 aliphatic rings. The monoisotopic (exact) mass is 226 g/mol. The minimum Gasteiger partial charge on any atom is -0.368 e. The lowest BCUT2D eigenvalue weighted by Gasteiger charge is -2.36. The minimum atomic E-state index is -0.207. The number of likely N-dealkylation sites (tertiary alicyclic amines) is 1. The van der Waals surface area contributed by atoms with Gasteiger partial charge >= 0.3 is 0 Å². The SMILES string of the molecule is CC1CN(C(=O)C2OCCC2C)CCC1N. The molecule has 0 aromatic carbocycles. The first-order valence-corrected chi connectivity index (χ1v) is 6.25. The Morgan fingerprint density at radius 1 is 1.31 bits per heavy atom. The van der Waals surface area contributed by atoms with Crippen LogP contribution in [0.5, 0.6) is 0 Å². The van der Waals surface area contributed by atoms with Crippen molar-refractivity contribution in [2.45, 2.75) is 38.8 Å². The molecule has 2 aliphatic heterocycles. The number of carbonyl (C=O) groups is 1. The van der Waals surface area contributed by atoms with Crippen molar-refractivity contribution in [1.82, 2.24) is 4.90 Å². The van der Waals surface area contributed by atoms with E-state index in [1.54, 1.807) is 0 Å². The maximum atomic E-state index is 12.2. The van der Waals surface area contributed by atoms with Gasteiger partial charge in [-0.05, 0) is 24.7 Å². The van der Waals surface area contributed by atoms with E-state index in [9.17, 15) is 4.79 Å². The summed E-state index contributed by atoms with van der Waals surface area (Å²) in [5, 5.41) is 0.